The maximum atomic E-state index is 11.8. The molecule has 17 heavy (non-hydrogen) atoms. The van der Waals surface area contributed by atoms with Gasteiger partial charge in [-0.25, -0.2) is 0 Å². The molecule has 0 saturated heterocycles. The van der Waals surface area contributed by atoms with Gasteiger partial charge in [-0.2, -0.15) is 0 Å². The van der Waals surface area contributed by atoms with E-state index in [1.54, 1.807) is 19.1 Å². The lowest BCUT2D eigenvalue weighted by molar-refractivity contribution is -0.118. The van der Waals surface area contributed by atoms with Crippen LogP contribution < -0.4 is 10.1 Å². The van der Waals surface area contributed by atoms with Crippen molar-refractivity contribution in [1.82, 2.24) is 0 Å². The van der Waals surface area contributed by atoms with E-state index in [2.05, 4.69) is 21.2 Å². The first-order valence-corrected chi connectivity index (χ1v) is 6.16. The average Bonchev–Trinajstić information content (AvgIpc) is 2.27. The molecule has 1 amide bonds. The van der Waals surface area contributed by atoms with Gasteiger partial charge < -0.3 is 10.1 Å². The largest absolute Gasteiger partial charge is 0.482 e. The molecule has 4 nitrogen and oxygen atoms in total. The number of ketones is 1. The fourth-order valence-electron chi connectivity index (χ4n) is 1.50. The molecule has 1 atom stereocenters. The second kappa shape index (κ2) is 4.66. The van der Waals surface area contributed by atoms with Crippen LogP contribution in [0.25, 0.3) is 0 Å². The molecule has 1 heterocycles. The van der Waals surface area contributed by atoms with Gasteiger partial charge in [0.2, 0.25) is 0 Å². The lowest BCUT2D eigenvalue weighted by atomic mass is 10.1. The number of carbonyl (C=O) groups excluding carboxylic acids is 2. The summed E-state index contributed by atoms with van der Waals surface area (Å²) in [6.45, 7) is 1.57. The highest BCUT2D eigenvalue weighted by Gasteiger charge is 2.22. The third-order valence-corrected chi connectivity index (χ3v) is 3.18. The van der Waals surface area contributed by atoms with Crippen molar-refractivity contribution in [3.8, 4) is 5.75 Å². The summed E-state index contributed by atoms with van der Waals surface area (Å²) in [7, 11) is 0. The number of benzene rings is 1. The van der Waals surface area contributed by atoms with Crippen LogP contribution in [-0.2, 0) is 4.79 Å². The molecule has 1 aromatic carbocycles. The predicted octanol–water partition coefficient (Wildman–Crippen LogP) is 2.59. The zero-order valence-corrected chi connectivity index (χ0v) is 11.3. The number of rotatable bonds is 2. The van der Waals surface area contributed by atoms with E-state index in [0.29, 0.717) is 21.5 Å². The number of Topliss-reactive ketones (excluding diaryl/α,β-unsaturated/α-hetero) is 1. The Kier molecular flexibility index (Phi) is 3.40. The molecule has 0 aromatic heterocycles. The molecule has 90 valence electrons. The van der Waals surface area contributed by atoms with E-state index >= 15 is 0 Å². The topological polar surface area (TPSA) is 55.4 Å². The van der Waals surface area contributed by atoms with Crippen molar-refractivity contribution in [2.75, 3.05) is 11.9 Å². The lowest BCUT2D eigenvalue weighted by Crippen LogP contribution is -2.25. The second-order valence-corrected chi connectivity index (χ2v) is 5.15. The Morgan fingerprint density at radius 2 is 2.29 bits per heavy atom. The molecule has 1 N–H and O–H groups in total. The Morgan fingerprint density at radius 1 is 1.59 bits per heavy atom. The zero-order valence-electron chi connectivity index (χ0n) is 8.92. The van der Waals surface area contributed by atoms with Crippen molar-refractivity contribution in [3.05, 3.63) is 22.2 Å². The highest BCUT2D eigenvalue weighted by Crippen LogP contribution is 2.34. The van der Waals surface area contributed by atoms with Crippen LogP contribution in [0, 0.1) is 0 Å². The van der Waals surface area contributed by atoms with Gasteiger partial charge in [0.05, 0.1) is 11.1 Å². The second-order valence-electron chi connectivity index (χ2n) is 3.65. The van der Waals surface area contributed by atoms with Crippen molar-refractivity contribution in [2.45, 2.75) is 12.3 Å². The van der Waals surface area contributed by atoms with Crippen LogP contribution in [0.5, 0.6) is 5.75 Å². The van der Waals surface area contributed by atoms with Gasteiger partial charge in [-0.05, 0) is 35.0 Å². The number of hydrogen-bond donors (Lipinski definition) is 1. The Labute approximate surface area is 111 Å². The molecule has 1 aromatic rings. The Balaban J connectivity index is 2.44. The first-order valence-electron chi connectivity index (χ1n) is 4.93. The van der Waals surface area contributed by atoms with E-state index in [1.807, 2.05) is 0 Å². The number of nitrogens with one attached hydrogen (secondary N) is 1. The van der Waals surface area contributed by atoms with Gasteiger partial charge in [0, 0.05) is 10.0 Å². The monoisotopic (exact) mass is 317 g/mol. The number of alkyl halides is 1. The summed E-state index contributed by atoms with van der Waals surface area (Å²) in [5.74, 6) is 0.0736. The van der Waals surface area contributed by atoms with Crippen LogP contribution in [0.1, 0.15) is 17.3 Å². The molecule has 0 bridgehead atoms. The highest BCUT2D eigenvalue weighted by molar-refractivity contribution is 9.10. The molecule has 2 rings (SSSR count). The van der Waals surface area contributed by atoms with E-state index in [0.717, 1.165) is 0 Å². The number of fused-ring (bicyclic) bond motifs is 1. The van der Waals surface area contributed by atoms with Crippen molar-refractivity contribution in [2.24, 2.45) is 0 Å². The van der Waals surface area contributed by atoms with Crippen molar-refractivity contribution < 1.29 is 14.3 Å². The lowest BCUT2D eigenvalue weighted by Gasteiger charge is -2.19. The Bertz CT molecular complexity index is 502. The molecule has 0 fully saturated rings. The number of amides is 1. The molecule has 0 radical (unpaired) electrons. The quantitative estimate of drug-likeness (QED) is 0.673. The maximum absolute atomic E-state index is 11.8. The van der Waals surface area contributed by atoms with Crippen molar-refractivity contribution in [1.29, 1.82) is 0 Å². The first-order chi connectivity index (χ1) is 7.99. The van der Waals surface area contributed by atoms with Gasteiger partial charge in [-0.3, -0.25) is 9.59 Å². The standard InChI is InChI=1S/C11H9BrClNO3/c1-5(13)11(16)6-2-9-8(3-7(6)12)14-10(15)4-17-9/h2-3,5H,4H2,1H3,(H,14,15). The average molecular weight is 319 g/mol. The Morgan fingerprint density at radius 3 is 2.94 bits per heavy atom. The van der Waals surface area contributed by atoms with Crippen LogP contribution in [0.3, 0.4) is 0 Å². The maximum Gasteiger partial charge on any atom is 0.262 e. The van der Waals surface area contributed by atoms with Crippen molar-refractivity contribution >= 4 is 44.9 Å². The van der Waals surface area contributed by atoms with Crippen LogP contribution in [-0.4, -0.2) is 23.7 Å². The van der Waals surface area contributed by atoms with E-state index in [9.17, 15) is 9.59 Å². The number of halogens is 2. The van der Waals surface area contributed by atoms with Crippen LogP contribution in [0.15, 0.2) is 16.6 Å². The van der Waals surface area contributed by atoms with Crippen molar-refractivity contribution in [3.63, 3.8) is 0 Å². The minimum atomic E-state index is -0.609. The number of hydrogen-bond acceptors (Lipinski definition) is 3. The minimum Gasteiger partial charge on any atom is -0.482 e. The minimum absolute atomic E-state index is 0.0430. The number of carbonyl (C=O) groups is 2. The molecule has 1 aliphatic rings. The summed E-state index contributed by atoms with van der Waals surface area (Å²) >= 11 is 9.04. The first kappa shape index (κ1) is 12.4. The molecule has 1 aliphatic heterocycles. The SMILES string of the molecule is CC(Cl)C(=O)c1cc2c(cc1Br)NC(=O)CO2. The normalized spacial score (nSPS) is 15.6. The molecule has 0 spiro atoms. The van der Waals surface area contributed by atoms with E-state index < -0.39 is 5.38 Å². The highest BCUT2D eigenvalue weighted by atomic mass is 79.9. The third kappa shape index (κ3) is 2.45. The fraction of sp³-hybridized carbons (Fsp3) is 0.273. The fourth-order valence-corrected chi connectivity index (χ4v) is 2.16. The van der Waals surface area contributed by atoms with Gasteiger partial charge in [-0.1, -0.05) is 0 Å². The predicted molar refractivity (Wildman–Crippen MR) is 67.9 cm³/mol. The van der Waals surface area contributed by atoms with Crippen LogP contribution in [0.2, 0.25) is 0 Å². The summed E-state index contributed by atoms with van der Waals surface area (Å²) in [5, 5.41) is 2.05. The summed E-state index contributed by atoms with van der Waals surface area (Å²) in [5.41, 5.74) is 0.995. The van der Waals surface area contributed by atoms with Gasteiger partial charge in [0.1, 0.15) is 5.75 Å². The summed E-state index contributed by atoms with van der Waals surface area (Å²) in [4.78, 5) is 22.9. The Hall–Kier alpha value is -1.07. The molecule has 0 saturated carbocycles. The molecular weight excluding hydrogens is 309 g/mol. The molecule has 6 heteroatoms. The van der Waals surface area contributed by atoms with Crippen LogP contribution >= 0.6 is 27.5 Å². The van der Waals surface area contributed by atoms with Gasteiger partial charge >= 0.3 is 0 Å². The molecular formula is C11H9BrClNO3. The molecule has 1 unspecified atom stereocenters. The van der Waals surface area contributed by atoms with Gasteiger partial charge in [0.15, 0.2) is 12.4 Å². The van der Waals surface area contributed by atoms with Gasteiger partial charge in [-0.15, -0.1) is 11.6 Å². The summed E-state index contributed by atoms with van der Waals surface area (Å²) < 4.78 is 5.82. The van der Waals surface area contributed by atoms with E-state index in [-0.39, 0.29) is 18.3 Å². The van der Waals surface area contributed by atoms with E-state index in [1.165, 1.54) is 0 Å². The van der Waals surface area contributed by atoms with E-state index in [4.69, 9.17) is 16.3 Å². The third-order valence-electron chi connectivity index (χ3n) is 2.33. The summed E-state index contributed by atoms with van der Waals surface area (Å²) in [6.07, 6.45) is 0. The molecule has 0 aliphatic carbocycles. The zero-order chi connectivity index (χ0) is 12.6. The number of ether oxygens (including phenoxy) is 1. The number of anilines is 1. The van der Waals surface area contributed by atoms with Crippen LogP contribution in [0.4, 0.5) is 5.69 Å². The summed E-state index contributed by atoms with van der Waals surface area (Å²) in [6, 6.07) is 3.22. The smallest absolute Gasteiger partial charge is 0.262 e. The van der Waals surface area contributed by atoms with Gasteiger partial charge in [0.25, 0.3) is 5.91 Å².